The predicted octanol–water partition coefficient (Wildman–Crippen LogP) is 1.50. The highest BCUT2D eigenvalue weighted by Crippen LogP contribution is 2.26. The SMILES string of the molecule is NC(=O)c1cccc(CNC2CCN3CCCC3C2)c1. The van der Waals surface area contributed by atoms with Gasteiger partial charge in [0.2, 0.25) is 5.91 Å². The van der Waals surface area contributed by atoms with Crippen molar-refractivity contribution in [2.24, 2.45) is 5.73 Å². The van der Waals surface area contributed by atoms with E-state index in [-0.39, 0.29) is 5.91 Å². The van der Waals surface area contributed by atoms with Gasteiger partial charge in [0.05, 0.1) is 0 Å². The third-order valence-corrected chi connectivity index (χ3v) is 4.63. The number of benzene rings is 1. The molecule has 1 amide bonds. The Morgan fingerprint density at radius 1 is 1.35 bits per heavy atom. The first kappa shape index (κ1) is 13.6. The van der Waals surface area contributed by atoms with Crippen LogP contribution in [-0.2, 0) is 6.54 Å². The van der Waals surface area contributed by atoms with Crippen LogP contribution < -0.4 is 11.1 Å². The molecule has 20 heavy (non-hydrogen) atoms. The minimum Gasteiger partial charge on any atom is -0.366 e. The van der Waals surface area contributed by atoms with Gasteiger partial charge in [-0.15, -0.1) is 0 Å². The summed E-state index contributed by atoms with van der Waals surface area (Å²) >= 11 is 0. The van der Waals surface area contributed by atoms with Crippen molar-refractivity contribution in [1.82, 2.24) is 10.2 Å². The van der Waals surface area contributed by atoms with Crippen molar-refractivity contribution in [3.8, 4) is 0 Å². The summed E-state index contributed by atoms with van der Waals surface area (Å²) in [5, 5.41) is 3.64. The van der Waals surface area contributed by atoms with E-state index in [0.29, 0.717) is 11.6 Å². The largest absolute Gasteiger partial charge is 0.366 e. The van der Waals surface area contributed by atoms with Crippen molar-refractivity contribution in [3.05, 3.63) is 35.4 Å². The fraction of sp³-hybridized carbons (Fsp3) is 0.562. The maximum atomic E-state index is 11.2. The minimum absolute atomic E-state index is 0.355. The van der Waals surface area contributed by atoms with Crippen molar-refractivity contribution < 1.29 is 4.79 Å². The molecule has 108 valence electrons. The zero-order chi connectivity index (χ0) is 13.9. The molecule has 4 heteroatoms. The Labute approximate surface area is 120 Å². The molecule has 4 nitrogen and oxygen atoms in total. The Hall–Kier alpha value is -1.39. The number of hydrogen-bond donors (Lipinski definition) is 2. The van der Waals surface area contributed by atoms with Gasteiger partial charge >= 0.3 is 0 Å². The van der Waals surface area contributed by atoms with Crippen LogP contribution in [0.4, 0.5) is 0 Å². The summed E-state index contributed by atoms with van der Waals surface area (Å²) in [6.07, 6.45) is 5.20. The van der Waals surface area contributed by atoms with E-state index in [2.05, 4.69) is 10.2 Å². The molecule has 2 fully saturated rings. The smallest absolute Gasteiger partial charge is 0.248 e. The second-order valence-corrected chi connectivity index (χ2v) is 6.00. The van der Waals surface area contributed by atoms with E-state index in [1.54, 1.807) is 6.07 Å². The number of piperidine rings is 1. The van der Waals surface area contributed by atoms with Crippen LogP contribution >= 0.6 is 0 Å². The van der Waals surface area contributed by atoms with Gasteiger partial charge in [-0.2, -0.15) is 0 Å². The molecule has 0 spiro atoms. The number of nitrogens with two attached hydrogens (primary N) is 1. The molecule has 2 unspecified atom stereocenters. The average molecular weight is 273 g/mol. The van der Waals surface area contributed by atoms with Gasteiger partial charge in [-0.3, -0.25) is 4.79 Å². The van der Waals surface area contributed by atoms with Crippen molar-refractivity contribution in [3.63, 3.8) is 0 Å². The number of nitrogens with one attached hydrogen (secondary N) is 1. The van der Waals surface area contributed by atoms with E-state index in [1.807, 2.05) is 18.2 Å². The standard InChI is InChI=1S/C16H23N3O/c17-16(20)13-4-1-3-12(9-13)11-18-14-6-8-19-7-2-5-15(19)10-14/h1,3-4,9,14-15,18H,2,5-8,10-11H2,(H2,17,20). The van der Waals surface area contributed by atoms with E-state index in [9.17, 15) is 4.79 Å². The molecule has 0 radical (unpaired) electrons. The molecular formula is C16H23N3O. The highest BCUT2D eigenvalue weighted by Gasteiger charge is 2.31. The van der Waals surface area contributed by atoms with Gasteiger partial charge in [-0.1, -0.05) is 12.1 Å². The molecule has 2 aliphatic rings. The number of hydrogen-bond acceptors (Lipinski definition) is 3. The van der Waals surface area contributed by atoms with Gasteiger partial charge < -0.3 is 16.0 Å². The van der Waals surface area contributed by atoms with Gasteiger partial charge in [0, 0.05) is 24.2 Å². The van der Waals surface area contributed by atoms with Crippen molar-refractivity contribution >= 4 is 5.91 Å². The minimum atomic E-state index is -0.355. The van der Waals surface area contributed by atoms with E-state index in [4.69, 9.17) is 5.73 Å². The first-order chi connectivity index (χ1) is 9.72. The lowest BCUT2D eigenvalue weighted by molar-refractivity contribution is 0.1000. The lowest BCUT2D eigenvalue weighted by Gasteiger charge is -2.35. The fourth-order valence-corrected chi connectivity index (χ4v) is 3.51. The van der Waals surface area contributed by atoms with Crippen molar-refractivity contribution in [1.29, 1.82) is 0 Å². The highest BCUT2D eigenvalue weighted by molar-refractivity contribution is 5.92. The number of rotatable bonds is 4. The second kappa shape index (κ2) is 5.94. The molecule has 2 saturated heterocycles. The third kappa shape index (κ3) is 3.02. The van der Waals surface area contributed by atoms with Crippen LogP contribution in [-0.4, -0.2) is 36.0 Å². The molecule has 2 aliphatic heterocycles. The van der Waals surface area contributed by atoms with Crippen LogP contribution in [0.5, 0.6) is 0 Å². The normalized spacial score (nSPS) is 26.4. The number of primary amides is 1. The molecule has 2 heterocycles. The van der Waals surface area contributed by atoms with Gasteiger partial charge in [0.25, 0.3) is 0 Å². The number of carbonyl (C=O) groups is 1. The number of fused-ring (bicyclic) bond motifs is 1. The zero-order valence-electron chi connectivity index (χ0n) is 11.8. The van der Waals surface area contributed by atoms with Gasteiger partial charge in [-0.25, -0.2) is 0 Å². The van der Waals surface area contributed by atoms with Crippen LogP contribution in [0, 0.1) is 0 Å². The Bertz CT molecular complexity index is 488. The summed E-state index contributed by atoms with van der Waals surface area (Å²) < 4.78 is 0. The summed E-state index contributed by atoms with van der Waals surface area (Å²) in [6.45, 7) is 3.33. The summed E-state index contributed by atoms with van der Waals surface area (Å²) in [7, 11) is 0. The molecular weight excluding hydrogens is 250 g/mol. The number of nitrogens with zero attached hydrogens (tertiary/aromatic N) is 1. The number of carbonyl (C=O) groups excluding carboxylic acids is 1. The molecule has 0 saturated carbocycles. The predicted molar refractivity (Wildman–Crippen MR) is 79.4 cm³/mol. The van der Waals surface area contributed by atoms with Crippen molar-refractivity contribution in [2.75, 3.05) is 13.1 Å². The quantitative estimate of drug-likeness (QED) is 0.874. The van der Waals surface area contributed by atoms with E-state index in [0.717, 1.165) is 18.2 Å². The van der Waals surface area contributed by atoms with Crippen LogP contribution in [0.3, 0.4) is 0 Å². The molecule has 3 N–H and O–H groups in total. The van der Waals surface area contributed by atoms with Gasteiger partial charge in [0.1, 0.15) is 0 Å². The van der Waals surface area contributed by atoms with E-state index < -0.39 is 0 Å². The van der Waals surface area contributed by atoms with Crippen LogP contribution in [0.25, 0.3) is 0 Å². The summed E-state index contributed by atoms with van der Waals surface area (Å²) in [4.78, 5) is 13.8. The van der Waals surface area contributed by atoms with E-state index in [1.165, 1.54) is 38.8 Å². The first-order valence-electron chi connectivity index (χ1n) is 7.58. The Morgan fingerprint density at radius 2 is 2.25 bits per heavy atom. The number of amides is 1. The Morgan fingerprint density at radius 3 is 3.10 bits per heavy atom. The van der Waals surface area contributed by atoms with Crippen molar-refractivity contribution in [2.45, 2.75) is 44.3 Å². The topological polar surface area (TPSA) is 58.4 Å². The van der Waals surface area contributed by atoms with Crippen LogP contribution in [0.15, 0.2) is 24.3 Å². The maximum Gasteiger partial charge on any atom is 0.248 e. The molecule has 1 aromatic rings. The molecule has 0 aromatic heterocycles. The highest BCUT2D eigenvalue weighted by atomic mass is 16.1. The summed E-state index contributed by atoms with van der Waals surface area (Å²) in [6, 6.07) is 8.99. The zero-order valence-corrected chi connectivity index (χ0v) is 11.8. The fourth-order valence-electron chi connectivity index (χ4n) is 3.51. The lowest BCUT2D eigenvalue weighted by atomic mass is 9.97. The molecule has 0 bridgehead atoms. The lowest BCUT2D eigenvalue weighted by Crippen LogP contribution is -2.45. The third-order valence-electron chi connectivity index (χ3n) is 4.63. The average Bonchev–Trinajstić information content (AvgIpc) is 2.93. The Balaban J connectivity index is 1.54. The first-order valence-corrected chi connectivity index (χ1v) is 7.58. The monoisotopic (exact) mass is 273 g/mol. The van der Waals surface area contributed by atoms with Crippen LogP contribution in [0.2, 0.25) is 0 Å². The van der Waals surface area contributed by atoms with E-state index >= 15 is 0 Å². The Kier molecular flexibility index (Phi) is 4.03. The van der Waals surface area contributed by atoms with Crippen LogP contribution in [0.1, 0.15) is 41.6 Å². The van der Waals surface area contributed by atoms with Gasteiger partial charge in [0.15, 0.2) is 0 Å². The molecule has 1 aromatic carbocycles. The summed E-state index contributed by atoms with van der Waals surface area (Å²) in [5.41, 5.74) is 7.04. The maximum absolute atomic E-state index is 11.2. The van der Waals surface area contributed by atoms with Gasteiger partial charge in [-0.05, 0) is 56.5 Å². The molecule has 3 rings (SSSR count). The second-order valence-electron chi connectivity index (χ2n) is 6.00. The summed E-state index contributed by atoms with van der Waals surface area (Å²) in [5.74, 6) is -0.355. The molecule has 0 aliphatic carbocycles. The molecule has 2 atom stereocenters.